The van der Waals surface area contributed by atoms with Crippen LogP contribution in [0.3, 0.4) is 0 Å². The highest BCUT2D eigenvalue weighted by Gasteiger charge is 2.32. The molecule has 1 unspecified atom stereocenters. The molecule has 2 aromatic rings. The number of nitrogens with one attached hydrogen (secondary N) is 1. The summed E-state index contributed by atoms with van der Waals surface area (Å²) in [6.07, 6.45) is 4.67. The van der Waals surface area contributed by atoms with E-state index in [0.717, 1.165) is 6.42 Å². The van der Waals surface area contributed by atoms with Crippen LogP contribution < -0.4 is 10.1 Å². The van der Waals surface area contributed by atoms with Crippen molar-refractivity contribution in [3.05, 3.63) is 42.2 Å². The lowest BCUT2D eigenvalue weighted by Gasteiger charge is -2.31. The quantitative estimate of drug-likeness (QED) is 0.793. The molecular weight excluding hydrogens is 380 g/mol. The van der Waals surface area contributed by atoms with Gasteiger partial charge in [0.1, 0.15) is 6.10 Å². The van der Waals surface area contributed by atoms with Crippen LogP contribution in [0.4, 0.5) is 5.69 Å². The van der Waals surface area contributed by atoms with Gasteiger partial charge in [0.05, 0.1) is 11.4 Å². The molecule has 1 N–H and O–H groups in total. The van der Waals surface area contributed by atoms with Crippen LogP contribution in [-0.4, -0.2) is 47.8 Å². The number of benzene rings is 1. The van der Waals surface area contributed by atoms with Gasteiger partial charge in [-0.2, -0.15) is 4.31 Å². The van der Waals surface area contributed by atoms with Gasteiger partial charge < -0.3 is 10.1 Å². The predicted molar refractivity (Wildman–Crippen MR) is 105 cm³/mol. The van der Waals surface area contributed by atoms with Crippen molar-refractivity contribution < 1.29 is 17.9 Å². The lowest BCUT2D eigenvalue weighted by molar-refractivity contribution is -0.115. The van der Waals surface area contributed by atoms with Gasteiger partial charge in [0.15, 0.2) is 0 Å². The molecule has 0 saturated carbocycles. The van der Waals surface area contributed by atoms with Gasteiger partial charge in [-0.1, -0.05) is 6.92 Å². The fraction of sp³-hybridized carbons (Fsp3) is 0.421. The van der Waals surface area contributed by atoms with Crippen molar-refractivity contribution in [3.63, 3.8) is 0 Å². The number of rotatable bonds is 6. The largest absolute Gasteiger partial charge is 0.459 e. The van der Waals surface area contributed by atoms with Crippen molar-refractivity contribution in [1.29, 1.82) is 0 Å². The highest BCUT2D eigenvalue weighted by molar-refractivity contribution is 7.89. The fourth-order valence-corrected chi connectivity index (χ4v) is 4.84. The molecule has 2 heterocycles. The molecule has 150 valence electrons. The first-order valence-corrected chi connectivity index (χ1v) is 10.7. The Hall–Kier alpha value is -2.52. The Kier molecular flexibility index (Phi) is 6.25. The summed E-state index contributed by atoms with van der Waals surface area (Å²) in [5, 5.41) is 2.74. The first-order valence-electron chi connectivity index (χ1n) is 9.24. The zero-order valence-corrected chi connectivity index (χ0v) is 16.8. The van der Waals surface area contributed by atoms with Crippen molar-refractivity contribution in [2.45, 2.75) is 44.1 Å². The Morgan fingerprint density at radius 1 is 1.32 bits per heavy atom. The maximum atomic E-state index is 13.1. The van der Waals surface area contributed by atoms with Gasteiger partial charge in [-0.05, 0) is 49.6 Å². The average Bonchev–Trinajstić information content (AvgIpc) is 2.68. The molecule has 3 rings (SSSR count). The summed E-state index contributed by atoms with van der Waals surface area (Å²) >= 11 is 0. The number of anilines is 1. The van der Waals surface area contributed by atoms with Gasteiger partial charge in [0, 0.05) is 31.0 Å². The number of hydrogen-bond donors (Lipinski definition) is 1. The summed E-state index contributed by atoms with van der Waals surface area (Å²) in [5.41, 5.74) is 1.17. The molecule has 28 heavy (non-hydrogen) atoms. The molecule has 1 aliphatic heterocycles. The van der Waals surface area contributed by atoms with Crippen LogP contribution in [0.1, 0.15) is 31.7 Å². The second-order valence-corrected chi connectivity index (χ2v) is 8.56. The van der Waals surface area contributed by atoms with E-state index in [1.807, 2.05) is 0 Å². The van der Waals surface area contributed by atoms with E-state index in [0.29, 0.717) is 30.6 Å². The zero-order chi connectivity index (χ0) is 20.1. The van der Waals surface area contributed by atoms with E-state index in [1.165, 1.54) is 4.31 Å². The van der Waals surface area contributed by atoms with E-state index in [9.17, 15) is 13.2 Å². The fourth-order valence-electron chi connectivity index (χ4n) is 3.12. The van der Waals surface area contributed by atoms with Crippen LogP contribution in [0.25, 0.3) is 0 Å². The van der Waals surface area contributed by atoms with E-state index < -0.39 is 10.0 Å². The van der Waals surface area contributed by atoms with Gasteiger partial charge in [-0.15, -0.1) is 0 Å². The second kappa shape index (κ2) is 8.66. The second-order valence-electron chi connectivity index (χ2n) is 6.66. The molecule has 0 spiro atoms. The number of amides is 1. The van der Waals surface area contributed by atoms with Crippen molar-refractivity contribution in [3.8, 4) is 6.01 Å². The molecular formula is C19H24N4O4S. The van der Waals surface area contributed by atoms with Crippen LogP contribution in [0.15, 0.2) is 41.6 Å². The third kappa shape index (κ3) is 4.66. The molecule has 9 heteroatoms. The Labute approximate surface area is 165 Å². The van der Waals surface area contributed by atoms with Crippen LogP contribution in [0.5, 0.6) is 6.01 Å². The number of ether oxygens (including phenoxy) is 1. The lowest BCUT2D eigenvalue weighted by atomic mass is 10.1. The molecule has 1 atom stereocenters. The lowest BCUT2D eigenvalue weighted by Crippen LogP contribution is -2.44. The van der Waals surface area contributed by atoms with Gasteiger partial charge >= 0.3 is 6.01 Å². The van der Waals surface area contributed by atoms with Gasteiger partial charge in [0.2, 0.25) is 15.9 Å². The maximum absolute atomic E-state index is 13.1. The molecule has 1 fully saturated rings. The first kappa shape index (κ1) is 20.2. The molecule has 0 bridgehead atoms. The van der Waals surface area contributed by atoms with E-state index in [4.69, 9.17) is 4.74 Å². The van der Waals surface area contributed by atoms with E-state index >= 15 is 0 Å². The number of aryl methyl sites for hydroxylation is 1. The Balaban J connectivity index is 1.75. The van der Waals surface area contributed by atoms with Crippen LogP contribution in [-0.2, 0) is 14.8 Å². The first-order chi connectivity index (χ1) is 13.4. The van der Waals surface area contributed by atoms with Gasteiger partial charge in [0.25, 0.3) is 0 Å². The Morgan fingerprint density at radius 3 is 2.75 bits per heavy atom. The third-order valence-corrected chi connectivity index (χ3v) is 6.58. The van der Waals surface area contributed by atoms with E-state index in [2.05, 4.69) is 15.3 Å². The summed E-state index contributed by atoms with van der Waals surface area (Å²) in [6, 6.07) is 6.78. The average molecular weight is 404 g/mol. The summed E-state index contributed by atoms with van der Waals surface area (Å²) in [5.74, 6) is -0.117. The van der Waals surface area contributed by atoms with E-state index in [-0.39, 0.29) is 29.5 Å². The highest BCUT2D eigenvalue weighted by atomic mass is 32.2. The summed E-state index contributed by atoms with van der Waals surface area (Å²) < 4.78 is 33.5. The van der Waals surface area contributed by atoms with Crippen LogP contribution >= 0.6 is 0 Å². The molecule has 1 saturated heterocycles. The molecule has 1 aliphatic rings. The standard InChI is InChI=1S/C19H24N4O4S/c1-3-18(24)22-15-7-8-17(14(2)12-15)28(25,26)23-11-4-6-16(13-23)27-19-20-9-5-10-21-19/h5,7-10,12,16H,3-4,6,11,13H2,1-2H3,(H,22,24). The minimum atomic E-state index is -3.67. The number of piperidine rings is 1. The Bertz CT molecular complexity index is 934. The molecule has 1 amide bonds. The van der Waals surface area contributed by atoms with Gasteiger partial charge in [-0.3, -0.25) is 4.79 Å². The Morgan fingerprint density at radius 2 is 2.07 bits per heavy atom. The number of aromatic nitrogens is 2. The molecule has 0 aliphatic carbocycles. The minimum Gasteiger partial charge on any atom is -0.459 e. The molecule has 1 aromatic heterocycles. The summed E-state index contributed by atoms with van der Waals surface area (Å²) in [6.45, 7) is 4.17. The van der Waals surface area contributed by atoms with Crippen LogP contribution in [0, 0.1) is 6.92 Å². The molecule has 0 radical (unpaired) electrons. The SMILES string of the molecule is CCC(=O)Nc1ccc(S(=O)(=O)N2CCCC(Oc3ncccn3)C2)c(C)c1. The smallest absolute Gasteiger partial charge is 0.316 e. The van der Waals surface area contributed by atoms with Crippen LogP contribution in [0.2, 0.25) is 0 Å². The normalized spacial score (nSPS) is 17.9. The van der Waals surface area contributed by atoms with Crippen molar-refractivity contribution in [2.24, 2.45) is 0 Å². The highest BCUT2D eigenvalue weighted by Crippen LogP contribution is 2.26. The van der Waals surface area contributed by atoms with Crippen molar-refractivity contribution in [2.75, 3.05) is 18.4 Å². The van der Waals surface area contributed by atoms with Crippen molar-refractivity contribution in [1.82, 2.24) is 14.3 Å². The van der Waals surface area contributed by atoms with E-state index in [1.54, 1.807) is 50.5 Å². The summed E-state index contributed by atoms with van der Waals surface area (Å²) in [7, 11) is -3.67. The monoisotopic (exact) mass is 404 g/mol. The number of sulfonamides is 1. The van der Waals surface area contributed by atoms with Gasteiger partial charge in [-0.25, -0.2) is 18.4 Å². The zero-order valence-electron chi connectivity index (χ0n) is 16.0. The molecule has 1 aromatic carbocycles. The minimum absolute atomic E-state index is 0.117. The number of carbonyl (C=O) groups excluding carboxylic acids is 1. The number of carbonyl (C=O) groups is 1. The predicted octanol–water partition coefficient (Wildman–Crippen LogP) is 2.37. The van der Waals surface area contributed by atoms with Crippen molar-refractivity contribution >= 4 is 21.6 Å². The summed E-state index contributed by atoms with van der Waals surface area (Å²) in [4.78, 5) is 19.9. The number of hydrogen-bond acceptors (Lipinski definition) is 6. The molecule has 8 nitrogen and oxygen atoms in total. The number of nitrogens with zero attached hydrogens (tertiary/aromatic N) is 3. The topological polar surface area (TPSA) is 101 Å². The third-order valence-electron chi connectivity index (χ3n) is 4.55. The maximum Gasteiger partial charge on any atom is 0.316 e.